The van der Waals surface area contributed by atoms with Gasteiger partial charge in [0.25, 0.3) is 5.91 Å². The van der Waals surface area contributed by atoms with Crippen molar-refractivity contribution in [2.24, 2.45) is 0 Å². The molecule has 2 aromatic heterocycles. The summed E-state index contributed by atoms with van der Waals surface area (Å²) in [7, 11) is 0. The van der Waals surface area contributed by atoms with E-state index < -0.39 is 0 Å². The molecule has 0 spiro atoms. The fourth-order valence-corrected chi connectivity index (χ4v) is 3.18. The second-order valence-corrected chi connectivity index (χ2v) is 6.37. The zero-order valence-corrected chi connectivity index (χ0v) is 15.3. The fourth-order valence-electron chi connectivity index (χ4n) is 3.18. The Kier molecular flexibility index (Phi) is 4.46. The monoisotopic (exact) mass is 360 g/mol. The molecule has 1 amide bonds. The van der Waals surface area contributed by atoms with E-state index in [4.69, 9.17) is 4.42 Å². The Bertz CT molecular complexity index is 1100. The summed E-state index contributed by atoms with van der Waals surface area (Å²) in [6.07, 6.45) is 2.35. The van der Waals surface area contributed by atoms with Crippen molar-refractivity contribution in [3.8, 4) is 0 Å². The summed E-state index contributed by atoms with van der Waals surface area (Å²) in [6.45, 7) is 4.47. The molecule has 0 saturated heterocycles. The molecule has 6 heteroatoms. The molecule has 1 N–H and O–H groups in total. The van der Waals surface area contributed by atoms with Crippen LogP contribution >= 0.6 is 0 Å². The molecule has 0 saturated carbocycles. The van der Waals surface area contributed by atoms with Gasteiger partial charge >= 0.3 is 0 Å². The molecular formula is C21H20N4O2. The largest absolute Gasteiger partial charge is 0.441 e. The average Bonchev–Trinajstić information content (AvgIpc) is 3.24. The van der Waals surface area contributed by atoms with Gasteiger partial charge in [-0.15, -0.1) is 0 Å². The van der Waals surface area contributed by atoms with Crippen LogP contribution < -0.4 is 5.32 Å². The van der Waals surface area contributed by atoms with Crippen LogP contribution in [0.2, 0.25) is 0 Å². The number of oxazole rings is 1. The van der Waals surface area contributed by atoms with Crippen molar-refractivity contribution in [1.29, 1.82) is 0 Å². The highest BCUT2D eigenvalue weighted by molar-refractivity contribution is 6.05. The maximum absolute atomic E-state index is 12.8. The average molecular weight is 360 g/mol. The third-order valence-corrected chi connectivity index (χ3v) is 4.46. The maximum atomic E-state index is 12.8. The van der Waals surface area contributed by atoms with Crippen LogP contribution in [-0.2, 0) is 13.0 Å². The van der Waals surface area contributed by atoms with E-state index in [0.717, 1.165) is 23.2 Å². The van der Waals surface area contributed by atoms with E-state index >= 15 is 0 Å². The van der Waals surface area contributed by atoms with Crippen LogP contribution in [0.25, 0.3) is 11.1 Å². The number of carbonyl (C=O) groups excluding carboxylic acids is 1. The van der Waals surface area contributed by atoms with Crippen LogP contribution in [0.1, 0.15) is 34.4 Å². The van der Waals surface area contributed by atoms with E-state index in [2.05, 4.69) is 27.5 Å². The van der Waals surface area contributed by atoms with Crippen molar-refractivity contribution >= 4 is 22.7 Å². The van der Waals surface area contributed by atoms with Crippen LogP contribution in [-0.4, -0.2) is 20.7 Å². The molecule has 0 unspecified atom stereocenters. The number of rotatable bonds is 5. The van der Waals surface area contributed by atoms with Crippen molar-refractivity contribution in [3.63, 3.8) is 0 Å². The quantitative estimate of drug-likeness (QED) is 0.579. The molecule has 4 rings (SSSR count). The Labute approximate surface area is 156 Å². The van der Waals surface area contributed by atoms with Gasteiger partial charge < -0.3 is 9.73 Å². The van der Waals surface area contributed by atoms with Crippen molar-refractivity contribution in [3.05, 3.63) is 77.4 Å². The first-order valence-corrected chi connectivity index (χ1v) is 8.91. The first kappa shape index (κ1) is 17.0. The molecule has 0 radical (unpaired) electrons. The summed E-state index contributed by atoms with van der Waals surface area (Å²) in [4.78, 5) is 17.1. The zero-order chi connectivity index (χ0) is 18.8. The molecule has 27 heavy (non-hydrogen) atoms. The first-order chi connectivity index (χ1) is 13.1. The van der Waals surface area contributed by atoms with E-state index in [1.807, 2.05) is 48.0 Å². The summed E-state index contributed by atoms with van der Waals surface area (Å²) < 4.78 is 7.36. The number of anilines is 1. The standard InChI is InChI=1S/C21H20N4O2/c1-3-19-17(12-22-25(19)13-15-7-5-4-6-8-15)21(26)24-16-9-10-20-18(11-16)23-14(2)27-20/h4-12H,3,13H2,1-2H3,(H,24,26). The molecule has 2 aromatic carbocycles. The second kappa shape index (κ2) is 7.07. The van der Waals surface area contributed by atoms with Gasteiger partial charge in [-0.2, -0.15) is 5.10 Å². The van der Waals surface area contributed by atoms with E-state index in [0.29, 0.717) is 29.3 Å². The molecule has 4 aromatic rings. The number of aryl methyl sites for hydroxylation is 1. The van der Waals surface area contributed by atoms with E-state index in [9.17, 15) is 4.79 Å². The molecule has 0 bridgehead atoms. The van der Waals surface area contributed by atoms with Crippen molar-refractivity contribution in [1.82, 2.24) is 14.8 Å². The van der Waals surface area contributed by atoms with Gasteiger partial charge in [-0.05, 0) is 30.2 Å². The maximum Gasteiger partial charge on any atom is 0.259 e. The minimum absolute atomic E-state index is 0.175. The van der Waals surface area contributed by atoms with E-state index in [-0.39, 0.29) is 5.91 Å². The number of hydrogen-bond donors (Lipinski definition) is 1. The minimum Gasteiger partial charge on any atom is -0.441 e. The molecule has 136 valence electrons. The molecule has 6 nitrogen and oxygen atoms in total. The van der Waals surface area contributed by atoms with Crippen LogP contribution in [0.15, 0.2) is 59.1 Å². The third kappa shape index (κ3) is 3.46. The van der Waals surface area contributed by atoms with Gasteiger partial charge in [0.05, 0.1) is 24.0 Å². The smallest absolute Gasteiger partial charge is 0.259 e. The molecule has 0 fully saturated rings. The molecule has 0 atom stereocenters. The molecule has 0 aliphatic rings. The Morgan fingerprint density at radius 3 is 2.78 bits per heavy atom. The van der Waals surface area contributed by atoms with Gasteiger partial charge in [-0.3, -0.25) is 9.48 Å². The SMILES string of the molecule is CCc1c(C(=O)Nc2ccc3oc(C)nc3c2)cnn1Cc1ccccc1. The summed E-state index contributed by atoms with van der Waals surface area (Å²) in [6, 6.07) is 15.5. The zero-order valence-electron chi connectivity index (χ0n) is 15.3. The van der Waals surface area contributed by atoms with Gasteiger partial charge in [-0.1, -0.05) is 37.3 Å². The lowest BCUT2D eigenvalue weighted by Gasteiger charge is -2.09. The van der Waals surface area contributed by atoms with Crippen molar-refractivity contribution < 1.29 is 9.21 Å². The normalized spacial score (nSPS) is 11.0. The molecule has 0 aliphatic heterocycles. The Morgan fingerprint density at radius 1 is 1.19 bits per heavy atom. The highest BCUT2D eigenvalue weighted by Crippen LogP contribution is 2.21. The number of hydrogen-bond acceptors (Lipinski definition) is 4. The van der Waals surface area contributed by atoms with E-state index in [1.165, 1.54) is 0 Å². The first-order valence-electron chi connectivity index (χ1n) is 8.91. The Balaban J connectivity index is 1.57. The second-order valence-electron chi connectivity index (χ2n) is 6.37. The third-order valence-electron chi connectivity index (χ3n) is 4.46. The lowest BCUT2D eigenvalue weighted by molar-refractivity contribution is 0.102. The van der Waals surface area contributed by atoms with Gasteiger partial charge in [0, 0.05) is 12.6 Å². The predicted octanol–water partition coefficient (Wildman–Crippen LogP) is 4.20. The summed E-state index contributed by atoms with van der Waals surface area (Å²) in [5, 5.41) is 7.36. The minimum atomic E-state index is -0.175. The lowest BCUT2D eigenvalue weighted by Crippen LogP contribution is -2.15. The van der Waals surface area contributed by atoms with Gasteiger partial charge in [0.2, 0.25) is 0 Å². The van der Waals surface area contributed by atoms with Crippen LogP contribution in [0.5, 0.6) is 0 Å². The molecule has 2 heterocycles. The van der Waals surface area contributed by atoms with Crippen LogP contribution in [0.3, 0.4) is 0 Å². The van der Waals surface area contributed by atoms with E-state index in [1.54, 1.807) is 13.1 Å². The highest BCUT2D eigenvalue weighted by Gasteiger charge is 2.17. The number of nitrogens with zero attached hydrogens (tertiary/aromatic N) is 3. The van der Waals surface area contributed by atoms with Crippen LogP contribution in [0, 0.1) is 6.92 Å². The number of fused-ring (bicyclic) bond motifs is 1. The Hall–Kier alpha value is -3.41. The summed E-state index contributed by atoms with van der Waals surface area (Å²) >= 11 is 0. The van der Waals surface area contributed by atoms with Crippen LogP contribution in [0.4, 0.5) is 5.69 Å². The predicted molar refractivity (Wildman–Crippen MR) is 104 cm³/mol. The number of benzene rings is 2. The summed E-state index contributed by atoms with van der Waals surface area (Å²) in [5.41, 5.74) is 4.75. The topological polar surface area (TPSA) is 73.0 Å². The van der Waals surface area contributed by atoms with Gasteiger partial charge in [-0.25, -0.2) is 4.98 Å². The fraction of sp³-hybridized carbons (Fsp3) is 0.190. The lowest BCUT2D eigenvalue weighted by atomic mass is 10.1. The number of aromatic nitrogens is 3. The van der Waals surface area contributed by atoms with Gasteiger partial charge in [0.15, 0.2) is 11.5 Å². The highest BCUT2D eigenvalue weighted by atomic mass is 16.3. The number of nitrogens with one attached hydrogen (secondary N) is 1. The number of carbonyl (C=O) groups is 1. The van der Waals surface area contributed by atoms with Crippen molar-refractivity contribution in [2.45, 2.75) is 26.8 Å². The molecular weight excluding hydrogens is 340 g/mol. The summed E-state index contributed by atoms with van der Waals surface area (Å²) in [5.74, 6) is 0.426. The van der Waals surface area contributed by atoms with Gasteiger partial charge in [0.1, 0.15) is 5.52 Å². The van der Waals surface area contributed by atoms with Crippen molar-refractivity contribution in [2.75, 3.05) is 5.32 Å². The Morgan fingerprint density at radius 2 is 2.00 bits per heavy atom. The molecule has 0 aliphatic carbocycles. The number of amides is 1.